The Morgan fingerprint density at radius 3 is 2.81 bits per heavy atom. The van der Waals surface area contributed by atoms with Gasteiger partial charge in [0.05, 0.1) is 19.8 Å². The number of rotatable bonds is 6. The number of ether oxygens (including phenoxy) is 3. The van der Waals surface area contributed by atoms with E-state index >= 15 is 0 Å². The first-order chi connectivity index (χ1) is 10.2. The monoisotopic (exact) mass is 317 g/mol. The minimum absolute atomic E-state index is 0.0303. The van der Waals surface area contributed by atoms with Crippen LogP contribution in [-0.2, 0) is 23.8 Å². The van der Waals surface area contributed by atoms with Crippen LogP contribution in [0.2, 0.25) is 0 Å². The third kappa shape index (κ3) is 3.70. The summed E-state index contributed by atoms with van der Waals surface area (Å²) in [6, 6.07) is -0.598. The van der Waals surface area contributed by atoms with E-state index in [0.717, 1.165) is 19.3 Å². The van der Waals surface area contributed by atoms with Crippen LogP contribution in [-0.4, -0.2) is 55.5 Å². The Kier molecular flexibility index (Phi) is 5.89. The summed E-state index contributed by atoms with van der Waals surface area (Å²) in [7, 11) is 0. The second-order valence-corrected chi connectivity index (χ2v) is 6.38. The molecule has 0 radical (unpaired) electrons. The molecule has 3 atom stereocenters. The molecule has 1 saturated carbocycles. The van der Waals surface area contributed by atoms with Crippen molar-refractivity contribution >= 4 is 24.1 Å². The zero-order valence-corrected chi connectivity index (χ0v) is 13.3. The average Bonchev–Trinajstić information content (AvgIpc) is 2.93. The van der Waals surface area contributed by atoms with Crippen LogP contribution < -0.4 is 5.32 Å². The Bertz CT molecular complexity index is 372. The van der Waals surface area contributed by atoms with E-state index in [9.17, 15) is 9.59 Å². The van der Waals surface area contributed by atoms with E-state index in [1.54, 1.807) is 18.7 Å². The standard InChI is InChI=1S/C14H23NO5S/c1-3-18-13(17)12(15-9-16)10-4-5-14(8-11(10)21-2)19-6-7-20-14/h9-12H,3-8H2,1-2H3,(H,15,16). The molecule has 21 heavy (non-hydrogen) atoms. The molecule has 1 N–H and O–H groups in total. The normalized spacial score (nSPS) is 29.0. The van der Waals surface area contributed by atoms with Crippen LogP contribution in [0, 0.1) is 5.92 Å². The molecule has 120 valence electrons. The van der Waals surface area contributed by atoms with Gasteiger partial charge in [-0.1, -0.05) is 0 Å². The molecule has 0 aromatic carbocycles. The van der Waals surface area contributed by atoms with Gasteiger partial charge in [0.2, 0.25) is 6.41 Å². The molecule has 1 spiro atoms. The highest BCUT2D eigenvalue weighted by Gasteiger charge is 2.48. The lowest BCUT2D eigenvalue weighted by Gasteiger charge is -2.42. The summed E-state index contributed by atoms with van der Waals surface area (Å²) in [4.78, 5) is 22.9. The molecule has 1 amide bonds. The van der Waals surface area contributed by atoms with Gasteiger partial charge >= 0.3 is 5.97 Å². The summed E-state index contributed by atoms with van der Waals surface area (Å²) in [6.45, 7) is 3.32. The van der Waals surface area contributed by atoms with Crippen molar-refractivity contribution in [1.29, 1.82) is 0 Å². The first-order valence-corrected chi connectivity index (χ1v) is 8.61. The summed E-state index contributed by atoms with van der Waals surface area (Å²) in [5.41, 5.74) is 0. The molecule has 3 unspecified atom stereocenters. The van der Waals surface area contributed by atoms with Crippen molar-refractivity contribution in [2.75, 3.05) is 26.1 Å². The van der Waals surface area contributed by atoms with Gasteiger partial charge < -0.3 is 19.5 Å². The number of thioether (sulfide) groups is 1. The van der Waals surface area contributed by atoms with Gasteiger partial charge in [0, 0.05) is 24.0 Å². The molecule has 2 fully saturated rings. The van der Waals surface area contributed by atoms with Crippen molar-refractivity contribution < 1.29 is 23.8 Å². The van der Waals surface area contributed by atoms with Crippen LogP contribution >= 0.6 is 11.8 Å². The van der Waals surface area contributed by atoms with Crippen LogP contribution in [0.1, 0.15) is 26.2 Å². The second kappa shape index (κ2) is 7.47. The largest absolute Gasteiger partial charge is 0.464 e. The van der Waals surface area contributed by atoms with E-state index < -0.39 is 11.8 Å². The number of amides is 1. The SMILES string of the molecule is CCOC(=O)C(NC=O)C1CCC2(CC1SC)OCCO2. The van der Waals surface area contributed by atoms with Gasteiger partial charge in [0.25, 0.3) is 0 Å². The van der Waals surface area contributed by atoms with Gasteiger partial charge in [-0.2, -0.15) is 11.8 Å². The first-order valence-electron chi connectivity index (χ1n) is 7.33. The predicted octanol–water partition coefficient (Wildman–Crippen LogP) is 0.939. The maximum absolute atomic E-state index is 12.1. The van der Waals surface area contributed by atoms with Crippen LogP contribution in [0.3, 0.4) is 0 Å². The fourth-order valence-corrected chi connectivity index (χ4v) is 4.27. The molecule has 7 heteroatoms. The Morgan fingerprint density at radius 2 is 2.24 bits per heavy atom. The number of carbonyl (C=O) groups is 2. The van der Waals surface area contributed by atoms with Crippen LogP contribution in [0.25, 0.3) is 0 Å². The Hall–Kier alpha value is -0.790. The summed E-state index contributed by atoms with van der Waals surface area (Å²) < 4.78 is 16.6. The van der Waals surface area contributed by atoms with Crippen molar-refractivity contribution in [3.63, 3.8) is 0 Å². The second-order valence-electron chi connectivity index (χ2n) is 5.30. The minimum Gasteiger partial charge on any atom is -0.464 e. The molecule has 1 heterocycles. The zero-order valence-electron chi connectivity index (χ0n) is 12.5. The Balaban J connectivity index is 2.09. The quantitative estimate of drug-likeness (QED) is 0.580. The Morgan fingerprint density at radius 1 is 1.52 bits per heavy atom. The molecule has 0 bridgehead atoms. The predicted molar refractivity (Wildman–Crippen MR) is 78.9 cm³/mol. The lowest BCUT2D eigenvalue weighted by molar-refractivity contribution is -0.184. The van der Waals surface area contributed by atoms with Crippen LogP contribution in [0.15, 0.2) is 0 Å². The van der Waals surface area contributed by atoms with E-state index in [1.807, 2.05) is 6.26 Å². The molecule has 6 nitrogen and oxygen atoms in total. The highest BCUT2D eigenvalue weighted by molar-refractivity contribution is 7.99. The molecular formula is C14H23NO5S. The van der Waals surface area contributed by atoms with Crippen molar-refractivity contribution in [3.05, 3.63) is 0 Å². The number of nitrogens with one attached hydrogen (secondary N) is 1. The summed E-state index contributed by atoms with van der Waals surface area (Å²) in [5.74, 6) is -0.828. The summed E-state index contributed by atoms with van der Waals surface area (Å²) >= 11 is 1.68. The molecule has 1 aliphatic carbocycles. The van der Waals surface area contributed by atoms with Crippen molar-refractivity contribution in [2.45, 2.75) is 43.3 Å². The third-order valence-corrected chi connectivity index (χ3v) is 5.30. The van der Waals surface area contributed by atoms with Gasteiger partial charge in [-0.15, -0.1) is 0 Å². The maximum Gasteiger partial charge on any atom is 0.328 e. The molecule has 0 aromatic rings. The van der Waals surface area contributed by atoms with Gasteiger partial charge in [0.15, 0.2) is 5.79 Å². The Labute approximate surface area is 129 Å². The lowest BCUT2D eigenvalue weighted by atomic mass is 9.80. The molecule has 2 rings (SSSR count). The minimum atomic E-state index is -0.598. The fraction of sp³-hybridized carbons (Fsp3) is 0.857. The van der Waals surface area contributed by atoms with E-state index in [-0.39, 0.29) is 17.1 Å². The van der Waals surface area contributed by atoms with Gasteiger partial charge in [-0.25, -0.2) is 4.79 Å². The molecule has 0 aromatic heterocycles. The maximum atomic E-state index is 12.1. The highest BCUT2D eigenvalue weighted by Crippen LogP contribution is 2.43. The number of carbonyl (C=O) groups excluding carboxylic acids is 2. The highest BCUT2D eigenvalue weighted by atomic mass is 32.2. The van der Waals surface area contributed by atoms with E-state index in [4.69, 9.17) is 14.2 Å². The average molecular weight is 317 g/mol. The van der Waals surface area contributed by atoms with Crippen molar-refractivity contribution in [2.24, 2.45) is 5.92 Å². The van der Waals surface area contributed by atoms with Crippen molar-refractivity contribution in [1.82, 2.24) is 5.32 Å². The van der Waals surface area contributed by atoms with E-state index in [1.165, 1.54) is 0 Å². The fourth-order valence-electron chi connectivity index (χ4n) is 3.20. The first kappa shape index (κ1) is 16.6. The van der Waals surface area contributed by atoms with Gasteiger partial charge in [-0.3, -0.25) is 4.79 Å². The molecule has 1 saturated heterocycles. The lowest BCUT2D eigenvalue weighted by Crippen LogP contribution is -2.52. The molecule has 1 aliphatic heterocycles. The number of hydrogen-bond donors (Lipinski definition) is 1. The van der Waals surface area contributed by atoms with Gasteiger partial charge in [-0.05, 0) is 19.6 Å². The van der Waals surface area contributed by atoms with Crippen LogP contribution in [0.4, 0.5) is 0 Å². The van der Waals surface area contributed by atoms with E-state index in [2.05, 4.69) is 5.32 Å². The number of esters is 1. The summed E-state index contributed by atoms with van der Waals surface area (Å²) in [5, 5.41) is 2.81. The third-order valence-electron chi connectivity index (χ3n) is 4.18. The zero-order chi connectivity index (χ0) is 15.3. The smallest absolute Gasteiger partial charge is 0.328 e. The molecule has 2 aliphatic rings. The van der Waals surface area contributed by atoms with Crippen LogP contribution in [0.5, 0.6) is 0 Å². The van der Waals surface area contributed by atoms with E-state index in [0.29, 0.717) is 26.2 Å². The van der Waals surface area contributed by atoms with Gasteiger partial charge in [0.1, 0.15) is 6.04 Å². The number of hydrogen-bond acceptors (Lipinski definition) is 6. The summed E-state index contributed by atoms with van der Waals surface area (Å²) in [6.07, 6.45) is 4.82. The van der Waals surface area contributed by atoms with Crippen molar-refractivity contribution in [3.8, 4) is 0 Å². The molecular weight excluding hydrogens is 294 g/mol. The topological polar surface area (TPSA) is 73.9 Å².